The summed E-state index contributed by atoms with van der Waals surface area (Å²) >= 11 is 6.33. The average molecular weight is 504 g/mol. The molecule has 1 atom stereocenters. The number of ether oxygens (including phenoxy) is 2. The predicted molar refractivity (Wildman–Crippen MR) is 137 cm³/mol. The van der Waals surface area contributed by atoms with Gasteiger partial charge in [-0.25, -0.2) is 4.98 Å². The molecule has 5 rings (SSSR count). The molecule has 182 valence electrons. The Morgan fingerprint density at radius 1 is 1.03 bits per heavy atom. The molecule has 0 bridgehead atoms. The molecular formula is C27H22ClN3O5. The number of carbonyl (C=O) groups excluding carboxylic acids is 2. The number of nitrogens with one attached hydrogen (secondary N) is 1. The van der Waals surface area contributed by atoms with Gasteiger partial charge in [-0.05, 0) is 30.7 Å². The Balaban J connectivity index is 1.77. The van der Waals surface area contributed by atoms with Crippen LogP contribution < -0.4 is 14.4 Å². The molecule has 0 aliphatic carbocycles. The van der Waals surface area contributed by atoms with Gasteiger partial charge in [-0.2, -0.15) is 0 Å². The van der Waals surface area contributed by atoms with Crippen molar-refractivity contribution in [3.8, 4) is 11.5 Å². The summed E-state index contributed by atoms with van der Waals surface area (Å²) in [4.78, 5) is 35.8. The van der Waals surface area contributed by atoms with Gasteiger partial charge in [0.2, 0.25) is 5.95 Å². The number of ketones is 1. The molecule has 36 heavy (non-hydrogen) atoms. The first-order valence-corrected chi connectivity index (χ1v) is 11.5. The van der Waals surface area contributed by atoms with E-state index in [9.17, 15) is 14.7 Å². The lowest BCUT2D eigenvalue weighted by Gasteiger charge is -2.23. The molecule has 1 amide bonds. The molecule has 1 unspecified atom stereocenters. The lowest BCUT2D eigenvalue weighted by atomic mass is 9.94. The first-order chi connectivity index (χ1) is 17.3. The van der Waals surface area contributed by atoms with Gasteiger partial charge in [-0.3, -0.25) is 14.5 Å². The third-order valence-electron chi connectivity index (χ3n) is 6.14. The number of carbonyl (C=O) groups is 2. The van der Waals surface area contributed by atoms with Crippen LogP contribution >= 0.6 is 11.6 Å². The maximum absolute atomic E-state index is 13.4. The van der Waals surface area contributed by atoms with Crippen molar-refractivity contribution in [1.29, 1.82) is 0 Å². The van der Waals surface area contributed by atoms with Crippen LogP contribution in [0.1, 0.15) is 22.7 Å². The molecule has 0 radical (unpaired) electrons. The third-order valence-corrected chi connectivity index (χ3v) is 6.43. The van der Waals surface area contributed by atoms with Crippen molar-refractivity contribution in [2.75, 3.05) is 19.1 Å². The van der Waals surface area contributed by atoms with E-state index in [1.807, 2.05) is 43.3 Å². The monoisotopic (exact) mass is 503 g/mol. The molecule has 8 nitrogen and oxygen atoms in total. The van der Waals surface area contributed by atoms with Gasteiger partial charge in [0.15, 0.2) is 0 Å². The lowest BCUT2D eigenvalue weighted by Crippen LogP contribution is -2.30. The van der Waals surface area contributed by atoms with E-state index in [0.717, 1.165) is 5.56 Å². The third kappa shape index (κ3) is 3.76. The van der Waals surface area contributed by atoms with Crippen molar-refractivity contribution in [3.63, 3.8) is 0 Å². The fourth-order valence-corrected chi connectivity index (χ4v) is 4.69. The van der Waals surface area contributed by atoms with Crippen LogP contribution in [0.15, 0.2) is 66.2 Å². The van der Waals surface area contributed by atoms with Gasteiger partial charge < -0.3 is 19.6 Å². The van der Waals surface area contributed by atoms with Gasteiger partial charge >= 0.3 is 5.91 Å². The van der Waals surface area contributed by atoms with Crippen molar-refractivity contribution in [2.24, 2.45) is 0 Å². The number of aliphatic hydroxyl groups is 1. The number of rotatable bonds is 5. The fraction of sp³-hybridized carbons (Fsp3) is 0.148. The quantitative estimate of drug-likeness (QED) is 0.221. The number of H-pyrrole nitrogens is 1. The second kappa shape index (κ2) is 9.05. The van der Waals surface area contributed by atoms with Crippen LogP contribution in [0.5, 0.6) is 11.5 Å². The lowest BCUT2D eigenvalue weighted by molar-refractivity contribution is -0.132. The number of benzene rings is 3. The molecule has 1 aliphatic rings. The molecular weight excluding hydrogens is 482 g/mol. The molecule has 9 heteroatoms. The van der Waals surface area contributed by atoms with E-state index < -0.39 is 23.5 Å². The number of para-hydroxylation sites is 2. The summed E-state index contributed by atoms with van der Waals surface area (Å²) in [6.45, 7) is 1.91. The van der Waals surface area contributed by atoms with Crippen LogP contribution in [-0.4, -0.2) is 41.0 Å². The van der Waals surface area contributed by atoms with Gasteiger partial charge in [0.05, 0.1) is 47.5 Å². The molecule has 2 heterocycles. The molecule has 3 aromatic carbocycles. The van der Waals surface area contributed by atoms with Gasteiger partial charge in [0.1, 0.15) is 17.3 Å². The summed E-state index contributed by atoms with van der Waals surface area (Å²) in [6, 6.07) is 16.7. The van der Waals surface area contributed by atoms with E-state index >= 15 is 0 Å². The van der Waals surface area contributed by atoms with Gasteiger partial charge in [0, 0.05) is 6.07 Å². The summed E-state index contributed by atoms with van der Waals surface area (Å²) in [5, 5.41) is 11.7. The molecule has 4 aromatic rings. The number of amides is 1. The zero-order chi connectivity index (χ0) is 25.6. The Bertz CT molecular complexity index is 1530. The van der Waals surface area contributed by atoms with E-state index in [2.05, 4.69) is 9.97 Å². The molecule has 2 N–H and O–H groups in total. The van der Waals surface area contributed by atoms with E-state index in [-0.39, 0.29) is 27.9 Å². The van der Waals surface area contributed by atoms with E-state index in [0.29, 0.717) is 22.3 Å². The van der Waals surface area contributed by atoms with Crippen LogP contribution in [0.3, 0.4) is 0 Å². The number of aryl methyl sites for hydroxylation is 1. The zero-order valence-electron chi connectivity index (χ0n) is 19.7. The summed E-state index contributed by atoms with van der Waals surface area (Å²) < 4.78 is 10.7. The standard InChI is InChI=1S/C27H22ClN3O5/c1-14-7-6-8-15(11-14)23-22(24(32)16-12-17(28)21(36-3)13-20(16)35-2)25(33)26(34)31(23)27-29-18-9-4-5-10-19(18)30-27/h4-13,23,32H,1-3H3,(H,29,30)/b24-22+. The fourth-order valence-electron chi connectivity index (χ4n) is 4.45. The number of aromatic amines is 1. The van der Waals surface area contributed by atoms with Crippen molar-refractivity contribution < 1.29 is 24.2 Å². The minimum absolute atomic E-state index is 0.106. The second-order valence-electron chi connectivity index (χ2n) is 8.35. The van der Waals surface area contributed by atoms with Crippen molar-refractivity contribution in [3.05, 3.63) is 87.9 Å². The number of aromatic nitrogens is 2. The Labute approximate surface area is 211 Å². The second-order valence-corrected chi connectivity index (χ2v) is 8.76. The Hall–Kier alpha value is -4.30. The van der Waals surface area contributed by atoms with Crippen LogP contribution in [0.25, 0.3) is 16.8 Å². The summed E-state index contributed by atoms with van der Waals surface area (Å²) in [6.07, 6.45) is 0. The Morgan fingerprint density at radius 2 is 1.78 bits per heavy atom. The number of anilines is 1. The van der Waals surface area contributed by atoms with E-state index in [1.165, 1.54) is 31.3 Å². The molecule has 0 saturated carbocycles. The zero-order valence-corrected chi connectivity index (χ0v) is 20.5. The molecule has 1 aromatic heterocycles. The van der Waals surface area contributed by atoms with E-state index in [1.54, 1.807) is 12.1 Å². The predicted octanol–water partition coefficient (Wildman–Crippen LogP) is 5.17. The van der Waals surface area contributed by atoms with Gasteiger partial charge in [0.25, 0.3) is 5.78 Å². The highest BCUT2D eigenvalue weighted by atomic mass is 35.5. The maximum Gasteiger partial charge on any atom is 0.302 e. The minimum Gasteiger partial charge on any atom is -0.507 e. The van der Waals surface area contributed by atoms with E-state index in [4.69, 9.17) is 21.1 Å². The van der Waals surface area contributed by atoms with Crippen molar-refractivity contribution >= 4 is 46.0 Å². The number of nitrogens with zero attached hydrogens (tertiary/aromatic N) is 2. The highest BCUT2D eigenvalue weighted by Gasteiger charge is 2.48. The number of hydrogen-bond acceptors (Lipinski definition) is 6. The Kier molecular flexibility index (Phi) is 5.89. The summed E-state index contributed by atoms with van der Waals surface area (Å²) in [5.74, 6) is -1.33. The van der Waals surface area contributed by atoms with Crippen LogP contribution in [0.2, 0.25) is 5.02 Å². The van der Waals surface area contributed by atoms with Gasteiger partial charge in [-0.1, -0.05) is 53.6 Å². The Morgan fingerprint density at radius 3 is 2.47 bits per heavy atom. The highest BCUT2D eigenvalue weighted by molar-refractivity contribution is 6.51. The van der Waals surface area contributed by atoms with Crippen molar-refractivity contribution in [2.45, 2.75) is 13.0 Å². The number of imidazole rings is 1. The topological polar surface area (TPSA) is 105 Å². The average Bonchev–Trinajstić information content (AvgIpc) is 3.41. The number of methoxy groups -OCH3 is 2. The number of hydrogen-bond donors (Lipinski definition) is 2. The maximum atomic E-state index is 13.4. The first-order valence-electron chi connectivity index (χ1n) is 11.1. The highest BCUT2D eigenvalue weighted by Crippen LogP contribution is 2.44. The number of halogens is 1. The van der Waals surface area contributed by atoms with Crippen LogP contribution in [-0.2, 0) is 9.59 Å². The summed E-state index contributed by atoms with van der Waals surface area (Å²) in [7, 11) is 2.88. The minimum atomic E-state index is -0.948. The number of fused-ring (bicyclic) bond motifs is 1. The van der Waals surface area contributed by atoms with Crippen LogP contribution in [0, 0.1) is 6.92 Å². The molecule has 1 fully saturated rings. The molecule has 1 saturated heterocycles. The SMILES string of the molecule is COc1cc(OC)c(/C(O)=C2\C(=O)C(=O)N(c3nc4ccccc4[nH]3)C2c2cccc(C)c2)cc1Cl. The first kappa shape index (κ1) is 23.4. The normalized spacial score (nSPS) is 17.1. The number of aliphatic hydroxyl groups excluding tert-OH is 1. The largest absolute Gasteiger partial charge is 0.507 e. The van der Waals surface area contributed by atoms with Crippen molar-refractivity contribution in [1.82, 2.24) is 9.97 Å². The number of Topliss-reactive ketones (excluding diaryl/α,β-unsaturated/α-hetero) is 1. The van der Waals surface area contributed by atoms with Gasteiger partial charge in [-0.15, -0.1) is 0 Å². The van der Waals surface area contributed by atoms with Crippen LogP contribution in [0.4, 0.5) is 5.95 Å². The molecule has 1 aliphatic heterocycles. The smallest absolute Gasteiger partial charge is 0.302 e. The summed E-state index contributed by atoms with van der Waals surface area (Å²) in [5.41, 5.74) is 2.96. The molecule has 0 spiro atoms.